The van der Waals surface area contributed by atoms with E-state index in [-0.39, 0.29) is 12.5 Å². The lowest BCUT2D eigenvalue weighted by atomic mass is 10.1. The van der Waals surface area contributed by atoms with Crippen LogP contribution in [0.1, 0.15) is 12.5 Å². The number of aryl methyl sites for hydroxylation is 1. The van der Waals surface area contributed by atoms with Crippen molar-refractivity contribution in [1.29, 1.82) is 0 Å². The van der Waals surface area contributed by atoms with E-state index >= 15 is 0 Å². The van der Waals surface area contributed by atoms with Crippen molar-refractivity contribution in [1.82, 2.24) is 4.90 Å². The number of amides is 1. The van der Waals surface area contributed by atoms with E-state index in [1.807, 2.05) is 19.1 Å². The molecule has 0 saturated heterocycles. The van der Waals surface area contributed by atoms with Crippen molar-refractivity contribution in [3.8, 4) is 0 Å². The average Bonchev–Trinajstić information content (AvgIpc) is 2.22. The number of nitrogen functional groups attached to an aromatic ring is 1. The summed E-state index contributed by atoms with van der Waals surface area (Å²) in [5, 5.41) is 12.0. The van der Waals surface area contributed by atoms with Crippen LogP contribution in [0.5, 0.6) is 0 Å². The second-order valence-corrected chi connectivity index (χ2v) is 4.63. The smallest absolute Gasteiger partial charge is 0.238 e. The lowest BCUT2D eigenvalue weighted by Gasteiger charge is -2.18. The first kappa shape index (κ1) is 14.5. The molecule has 1 aromatic carbocycles. The van der Waals surface area contributed by atoms with Gasteiger partial charge in [0.2, 0.25) is 5.91 Å². The standard InChI is InChI=1S/C13H21N3O2/c1-9-5-4-6-11(14)13(9)15-12(18)8-16(3)7-10(2)17/h4-6,10,17H,7-8,14H2,1-3H3,(H,15,18). The summed E-state index contributed by atoms with van der Waals surface area (Å²) in [4.78, 5) is 13.6. The van der Waals surface area contributed by atoms with Gasteiger partial charge in [-0.2, -0.15) is 0 Å². The Morgan fingerprint density at radius 3 is 2.78 bits per heavy atom. The molecular weight excluding hydrogens is 230 g/mol. The van der Waals surface area contributed by atoms with E-state index in [0.717, 1.165) is 5.56 Å². The van der Waals surface area contributed by atoms with Gasteiger partial charge in [0.1, 0.15) is 0 Å². The summed E-state index contributed by atoms with van der Waals surface area (Å²) in [5.74, 6) is -0.140. The van der Waals surface area contributed by atoms with Crippen LogP contribution in [-0.2, 0) is 4.79 Å². The molecule has 5 nitrogen and oxygen atoms in total. The van der Waals surface area contributed by atoms with Gasteiger partial charge in [-0.05, 0) is 32.5 Å². The summed E-state index contributed by atoms with van der Waals surface area (Å²) in [6.45, 7) is 4.26. The topological polar surface area (TPSA) is 78.6 Å². The van der Waals surface area contributed by atoms with Crippen LogP contribution >= 0.6 is 0 Å². The third kappa shape index (κ3) is 4.35. The minimum atomic E-state index is -0.452. The van der Waals surface area contributed by atoms with Crippen LogP contribution in [0.3, 0.4) is 0 Å². The van der Waals surface area contributed by atoms with Gasteiger partial charge in [-0.15, -0.1) is 0 Å². The summed E-state index contributed by atoms with van der Waals surface area (Å²) in [6.07, 6.45) is -0.452. The van der Waals surface area contributed by atoms with E-state index in [9.17, 15) is 9.90 Å². The fourth-order valence-electron chi connectivity index (χ4n) is 1.80. The van der Waals surface area contributed by atoms with E-state index in [0.29, 0.717) is 17.9 Å². The molecule has 1 amide bonds. The number of anilines is 2. The number of rotatable bonds is 5. The lowest BCUT2D eigenvalue weighted by Crippen LogP contribution is -2.34. The predicted molar refractivity (Wildman–Crippen MR) is 73.4 cm³/mol. The van der Waals surface area contributed by atoms with Gasteiger partial charge in [0.15, 0.2) is 0 Å². The maximum Gasteiger partial charge on any atom is 0.238 e. The van der Waals surface area contributed by atoms with Gasteiger partial charge in [0.25, 0.3) is 0 Å². The molecule has 5 heteroatoms. The zero-order chi connectivity index (χ0) is 13.7. The highest BCUT2D eigenvalue weighted by atomic mass is 16.3. The van der Waals surface area contributed by atoms with Gasteiger partial charge in [0, 0.05) is 6.54 Å². The molecule has 0 aliphatic rings. The van der Waals surface area contributed by atoms with Crippen LogP contribution < -0.4 is 11.1 Å². The number of nitrogens with zero attached hydrogens (tertiary/aromatic N) is 1. The minimum Gasteiger partial charge on any atom is -0.397 e. The van der Waals surface area contributed by atoms with Gasteiger partial charge in [-0.1, -0.05) is 12.1 Å². The number of hydrogen-bond donors (Lipinski definition) is 3. The van der Waals surface area contributed by atoms with Crippen LogP contribution in [0.4, 0.5) is 11.4 Å². The highest BCUT2D eigenvalue weighted by Gasteiger charge is 2.11. The third-order valence-electron chi connectivity index (χ3n) is 2.56. The number of aliphatic hydroxyl groups excluding tert-OH is 1. The van der Waals surface area contributed by atoms with Crippen molar-refractivity contribution in [2.75, 3.05) is 31.2 Å². The average molecular weight is 251 g/mol. The first-order valence-electron chi connectivity index (χ1n) is 5.91. The van der Waals surface area contributed by atoms with Crippen molar-refractivity contribution >= 4 is 17.3 Å². The van der Waals surface area contributed by atoms with Gasteiger partial charge in [0.05, 0.1) is 24.0 Å². The molecule has 0 heterocycles. The Bertz CT molecular complexity index is 398. The molecule has 0 aromatic heterocycles. The normalized spacial score (nSPS) is 12.5. The van der Waals surface area contributed by atoms with Gasteiger partial charge in [-0.3, -0.25) is 9.69 Å². The first-order valence-corrected chi connectivity index (χ1v) is 5.91. The lowest BCUT2D eigenvalue weighted by molar-refractivity contribution is -0.117. The molecule has 1 unspecified atom stereocenters. The van der Waals surface area contributed by atoms with E-state index in [1.54, 1.807) is 24.9 Å². The van der Waals surface area contributed by atoms with Gasteiger partial charge >= 0.3 is 0 Å². The SMILES string of the molecule is Cc1cccc(N)c1NC(=O)CN(C)CC(C)O. The molecule has 0 spiro atoms. The number of benzene rings is 1. The number of nitrogens with two attached hydrogens (primary N) is 1. The molecule has 1 aromatic rings. The number of carbonyl (C=O) groups excluding carboxylic acids is 1. The number of para-hydroxylation sites is 1. The van der Waals surface area contributed by atoms with Crippen molar-refractivity contribution in [2.45, 2.75) is 20.0 Å². The largest absolute Gasteiger partial charge is 0.397 e. The van der Waals surface area contributed by atoms with Crippen LogP contribution in [0.15, 0.2) is 18.2 Å². The van der Waals surface area contributed by atoms with Gasteiger partial charge < -0.3 is 16.2 Å². The zero-order valence-corrected chi connectivity index (χ0v) is 11.1. The van der Waals surface area contributed by atoms with Gasteiger partial charge in [-0.25, -0.2) is 0 Å². The fraction of sp³-hybridized carbons (Fsp3) is 0.462. The molecule has 1 rings (SSSR count). The number of aliphatic hydroxyl groups is 1. The Kier molecular flexibility index (Phi) is 5.12. The number of nitrogens with one attached hydrogen (secondary N) is 1. The molecule has 1 atom stereocenters. The monoisotopic (exact) mass is 251 g/mol. The van der Waals surface area contributed by atoms with Crippen LogP contribution in [0.2, 0.25) is 0 Å². The first-order chi connectivity index (χ1) is 8.40. The van der Waals surface area contributed by atoms with Crippen LogP contribution in [0, 0.1) is 6.92 Å². The number of likely N-dealkylation sites (N-methyl/N-ethyl adjacent to an activating group) is 1. The van der Waals surface area contributed by atoms with Crippen LogP contribution in [-0.4, -0.2) is 42.2 Å². The van der Waals surface area contributed by atoms with Crippen molar-refractivity contribution in [3.63, 3.8) is 0 Å². The summed E-state index contributed by atoms with van der Waals surface area (Å²) in [7, 11) is 1.79. The van der Waals surface area contributed by atoms with Crippen molar-refractivity contribution in [3.05, 3.63) is 23.8 Å². The molecule has 0 radical (unpaired) electrons. The summed E-state index contributed by atoms with van der Waals surface area (Å²) < 4.78 is 0. The molecule has 0 bridgehead atoms. The highest BCUT2D eigenvalue weighted by molar-refractivity contribution is 5.96. The molecule has 0 saturated carbocycles. The Labute approximate surface area is 108 Å². The summed E-state index contributed by atoms with van der Waals surface area (Å²) in [6, 6.07) is 5.49. The Morgan fingerprint density at radius 2 is 2.22 bits per heavy atom. The van der Waals surface area contributed by atoms with Crippen molar-refractivity contribution in [2.24, 2.45) is 0 Å². The summed E-state index contributed by atoms with van der Waals surface area (Å²) >= 11 is 0. The Hall–Kier alpha value is -1.59. The van der Waals surface area contributed by atoms with E-state index < -0.39 is 6.10 Å². The van der Waals surface area contributed by atoms with E-state index in [4.69, 9.17) is 5.73 Å². The molecule has 0 fully saturated rings. The molecule has 0 aliphatic carbocycles. The Morgan fingerprint density at radius 1 is 1.56 bits per heavy atom. The third-order valence-corrected chi connectivity index (χ3v) is 2.56. The molecule has 18 heavy (non-hydrogen) atoms. The van der Waals surface area contributed by atoms with Crippen LogP contribution in [0.25, 0.3) is 0 Å². The maximum atomic E-state index is 11.8. The molecule has 0 aliphatic heterocycles. The molecule has 4 N–H and O–H groups in total. The van der Waals surface area contributed by atoms with Crippen molar-refractivity contribution < 1.29 is 9.90 Å². The summed E-state index contributed by atoms with van der Waals surface area (Å²) in [5.41, 5.74) is 7.96. The second-order valence-electron chi connectivity index (χ2n) is 4.63. The number of hydrogen-bond acceptors (Lipinski definition) is 4. The number of carbonyl (C=O) groups is 1. The second kappa shape index (κ2) is 6.37. The van der Waals surface area contributed by atoms with E-state index in [2.05, 4.69) is 5.32 Å². The minimum absolute atomic E-state index is 0.140. The molecule has 100 valence electrons. The highest BCUT2D eigenvalue weighted by Crippen LogP contribution is 2.22. The zero-order valence-electron chi connectivity index (χ0n) is 11.1. The van der Waals surface area contributed by atoms with E-state index in [1.165, 1.54) is 0 Å². The quantitative estimate of drug-likeness (QED) is 0.677. The maximum absolute atomic E-state index is 11.8. The molecular formula is C13H21N3O2. The Balaban J connectivity index is 2.60. The predicted octanol–water partition coefficient (Wildman–Crippen LogP) is 0.828. The fourth-order valence-corrected chi connectivity index (χ4v) is 1.80.